The van der Waals surface area contributed by atoms with Crippen molar-refractivity contribution in [1.29, 1.82) is 0 Å². The Kier molecular flexibility index (Phi) is 8.59. The van der Waals surface area contributed by atoms with E-state index in [9.17, 15) is 4.39 Å². The van der Waals surface area contributed by atoms with Crippen LogP contribution in [0.4, 0.5) is 8.78 Å². The van der Waals surface area contributed by atoms with Gasteiger partial charge in [0.25, 0.3) is 0 Å². The number of methoxy groups -OCH3 is 2. The van der Waals surface area contributed by atoms with Gasteiger partial charge in [0.05, 0.1) is 20.3 Å². The van der Waals surface area contributed by atoms with Gasteiger partial charge in [-0.2, -0.15) is 0 Å². The monoisotopic (exact) mass is 471 g/mol. The van der Waals surface area contributed by atoms with Crippen molar-refractivity contribution in [3.8, 4) is 0 Å². The van der Waals surface area contributed by atoms with Crippen molar-refractivity contribution in [3.05, 3.63) is 71.1 Å². The standard InChI is InChI=1S/C25H31F2N5O2/c1-5-23(34-4)24(27)21(22(26)15-33-3)8-17-11-31-25-20(17)7-16(10-30-25)18(9-28)12-29-19-13-32(6-2)14-19/h5,7,9-12,15,19H,6,8,13-14,28H2,1-4H3,(H,30,31)/b18-9?,22-15-,23-5+,24-21+,29-12?. The zero-order chi connectivity index (χ0) is 24.7. The van der Waals surface area contributed by atoms with Gasteiger partial charge in [-0.1, -0.05) is 6.92 Å². The Morgan fingerprint density at radius 3 is 2.74 bits per heavy atom. The Bertz CT molecular complexity index is 1160. The highest BCUT2D eigenvalue weighted by Crippen LogP contribution is 2.30. The summed E-state index contributed by atoms with van der Waals surface area (Å²) in [5.74, 6) is -1.69. The summed E-state index contributed by atoms with van der Waals surface area (Å²) in [5.41, 5.74) is 8.42. The number of likely N-dealkylation sites (tertiary alicyclic amines) is 1. The molecule has 0 radical (unpaired) electrons. The summed E-state index contributed by atoms with van der Waals surface area (Å²) in [5, 5.41) is 0.723. The van der Waals surface area contributed by atoms with E-state index in [4.69, 9.17) is 15.2 Å². The number of allylic oxidation sites excluding steroid dienone is 5. The summed E-state index contributed by atoms with van der Waals surface area (Å²) in [6, 6.07) is 2.14. The average Bonchev–Trinajstić information content (AvgIpc) is 3.21. The van der Waals surface area contributed by atoms with E-state index in [-0.39, 0.29) is 23.8 Å². The molecule has 0 spiro atoms. The highest BCUT2D eigenvalue weighted by Gasteiger charge is 2.24. The highest BCUT2D eigenvalue weighted by atomic mass is 19.1. The number of fused-ring (bicyclic) bond motifs is 1. The largest absolute Gasteiger partial charge is 0.501 e. The molecule has 3 heterocycles. The first-order valence-electron chi connectivity index (χ1n) is 11.1. The molecule has 0 bridgehead atoms. The van der Waals surface area contributed by atoms with E-state index in [0.717, 1.165) is 42.4 Å². The van der Waals surface area contributed by atoms with Crippen molar-refractivity contribution < 1.29 is 18.3 Å². The number of aromatic amines is 1. The number of H-pyrrole nitrogens is 1. The molecule has 3 N–H and O–H groups in total. The van der Waals surface area contributed by atoms with Crippen molar-refractivity contribution in [2.45, 2.75) is 26.3 Å². The number of likely N-dealkylation sites (N-methyl/N-ethyl adjacent to an activating group) is 1. The van der Waals surface area contributed by atoms with Gasteiger partial charge >= 0.3 is 0 Å². The first kappa shape index (κ1) is 25.2. The zero-order valence-corrected chi connectivity index (χ0v) is 19.9. The third kappa shape index (κ3) is 5.53. The molecule has 182 valence electrons. The molecule has 7 nitrogen and oxygen atoms in total. The van der Waals surface area contributed by atoms with Crippen LogP contribution in [0, 0.1) is 0 Å². The number of halogens is 2. The quantitative estimate of drug-likeness (QED) is 0.304. The van der Waals surface area contributed by atoms with E-state index < -0.39 is 11.7 Å². The highest BCUT2D eigenvalue weighted by molar-refractivity contribution is 6.10. The lowest BCUT2D eigenvalue weighted by Gasteiger charge is -2.35. The minimum Gasteiger partial charge on any atom is -0.501 e. The van der Waals surface area contributed by atoms with Crippen LogP contribution < -0.4 is 5.73 Å². The molecule has 2 aromatic heterocycles. The Labute approximate surface area is 198 Å². The van der Waals surface area contributed by atoms with Crippen LogP contribution in [0.25, 0.3) is 16.6 Å². The molecule has 34 heavy (non-hydrogen) atoms. The van der Waals surface area contributed by atoms with Gasteiger partial charge in [-0.15, -0.1) is 0 Å². The van der Waals surface area contributed by atoms with Gasteiger partial charge in [-0.05, 0) is 31.2 Å². The number of rotatable bonds is 10. The maximum Gasteiger partial charge on any atom is 0.171 e. The molecule has 1 fully saturated rings. The first-order valence-corrected chi connectivity index (χ1v) is 11.1. The molecule has 0 amide bonds. The Hall–Kier alpha value is -3.46. The van der Waals surface area contributed by atoms with Crippen LogP contribution in [0.5, 0.6) is 0 Å². The topological polar surface area (TPSA) is 88.8 Å². The van der Waals surface area contributed by atoms with E-state index in [0.29, 0.717) is 11.2 Å². The molecule has 3 rings (SSSR count). The normalized spacial score (nSPS) is 17.3. The molecule has 2 aromatic rings. The number of hydrogen-bond donors (Lipinski definition) is 2. The number of aromatic nitrogens is 2. The summed E-state index contributed by atoms with van der Waals surface area (Å²) in [6.07, 6.45) is 8.87. The molecule has 1 aliphatic heterocycles. The van der Waals surface area contributed by atoms with Gasteiger partial charge in [0.2, 0.25) is 0 Å². The fraction of sp³-hybridized carbons (Fsp3) is 0.360. The number of nitrogens with one attached hydrogen (secondary N) is 1. The van der Waals surface area contributed by atoms with Gasteiger partial charge in [0.15, 0.2) is 17.4 Å². The molecule has 1 aliphatic rings. The van der Waals surface area contributed by atoms with Crippen LogP contribution in [-0.2, 0) is 15.9 Å². The zero-order valence-electron chi connectivity index (χ0n) is 19.9. The van der Waals surface area contributed by atoms with Crippen LogP contribution >= 0.6 is 0 Å². The van der Waals surface area contributed by atoms with Crippen LogP contribution in [0.1, 0.15) is 25.0 Å². The van der Waals surface area contributed by atoms with Gasteiger partial charge in [-0.3, -0.25) is 9.89 Å². The molecule has 9 heteroatoms. The number of pyridine rings is 1. The molecular formula is C25H31F2N5O2. The lowest BCUT2D eigenvalue weighted by atomic mass is 10.0. The lowest BCUT2D eigenvalue weighted by molar-refractivity contribution is 0.162. The third-order valence-electron chi connectivity index (χ3n) is 5.78. The number of nitrogens with zero attached hydrogens (tertiary/aromatic N) is 3. The molecule has 0 aliphatic carbocycles. The SMILES string of the molecule is C\C=C(OC)/C(F)=C(Cc1c[nH]c2ncc(C(C=NC3CN(CC)C3)=CN)cc12)\C(F)=C\OC. The number of nitrogens with two attached hydrogens (primary N) is 1. The van der Waals surface area contributed by atoms with Crippen LogP contribution in [0.3, 0.4) is 0 Å². The van der Waals surface area contributed by atoms with Crippen molar-refractivity contribution in [2.24, 2.45) is 10.7 Å². The van der Waals surface area contributed by atoms with Crippen LogP contribution in [0.2, 0.25) is 0 Å². The Morgan fingerprint density at radius 1 is 1.35 bits per heavy atom. The fourth-order valence-corrected chi connectivity index (χ4v) is 3.77. The van der Waals surface area contributed by atoms with E-state index >= 15 is 4.39 Å². The number of ether oxygens (including phenoxy) is 2. The minimum absolute atomic E-state index is 0.0476. The second kappa shape index (κ2) is 11.6. The Balaban J connectivity index is 1.94. The smallest absolute Gasteiger partial charge is 0.171 e. The summed E-state index contributed by atoms with van der Waals surface area (Å²) in [4.78, 5) is 14.4. The van der Waals surface area contributed by atoms with E-state index in [1.54, 1.807) is 25.5 Å². The van der Waals surface area contributed by atoms with Crippen molar-refractivity contribution in [3.63, 3.8) is 0 Å². The van der Waals surface area contributed by atoms with Crippen LogP contribution in [0.15, 0.2) is 65.0 Å². The average molecular weight is 472 g/mol. The van der Waals surface area contributed by atoms with Crippen molar-refractivity contribution >= 4 is 22.8 Å². The van der Waals surface area contributed by atoms with Crippen molar-refractivity contribution in [2.75, 3.05) is 33.9 Å². The first-order chi connectivity index (χ1) is 16.4. The molecule has 0 unspecified atom stereocenters. The lowest BCUT2D eigenvalue weighted by Crippen LogP contribution is -2.49. The predicted molar refractivity (Wildman–Crippen MR) is 131 cm³/mol. The number of aliphatic imine (C=N–C) groups is 1. The Morgan fingerprint density at radius 2 is 2.12 bits per heavy atom. The second-order valence-electron chi connectivity index (χ2n) is 7.87. The molecule has 1 saturated heterocycles. The minimum atomic E-state index is -0.828. The van der Waals surface area contributed by atoms with E-state index in [2.05, 4.69) is 26.8 Å². The third-order valence-corrected chi connectivity index (χ3v) is 5.78. The maximum atomic E-state index is 15.1. The summed E-state index contributed by atoms with van der Waals surface area (Å²) in [7, 11) is 2.63. The number of hydrogen-bond acceptors (Lipinski definition) is 6. The fourth-order valence-electron chi connectivity index (χ4n) is 3.77. The van der Waals surface area contributed by atoms with E-state index in [1.165, 1.54) is 26.5 Å². The predicted octanol–water partition coefficient (Wildman–Crippen LogP) is 4.41. The molecule has 0 atom stereocenters. The molecular weight excluding hydrogens is 440 g/mol. The van der Waals surface area contributed by atoms with Crippen molar-refractivity contribution in [1.82, 2.24) is 14.9 Å². The van der Waals surface area contributed by atoms with Gasteiger partial charge in [0, 0.05) is 66.4 Å². The maximum absolute atomic E-state index is 15.1. The summed E-state index contributed by atoms with van der Waals surface area (Å²) in [6.45, 7) is 6.61. The molecule has 0 aromatic carbocycles. The summed E-state index contributed by atoms with van der Waals surface area (Å²) < 4.78 is 39.7. The van der Waals surface area contributed by atoms with Gasteiger partial charge in [0.1, 0.15) is 11.9 Å². The van der Waals surface area contributed by atoms with Gasteiger partial charge in [-0.25, -0.2) is 13.8 Å². The van der Waals surface area contributed by atoms with Crippen LogP contribution in [-0.4, -0.2) is 61.0 Å². The molecule has 0 saturated carbocycles. The summed E-state index contributed by atoms with van der Waals surface area (Å²) >= 11 is 0. The van der Waals surface area contributed by atoms with E-state index in [1.807, 2.05) is 6.07 Å². The van der Waals surface area contributed by atoms with Gasteiger partial charge < -0.3 is 20.2 Å². The second-order valence-corrected chi connectivity index (χ2v) is 7.87.